The molecule has 1 unspecified atom stereocenters. The Balaban J connectivity index is 1.76. The Hall–Kier alpha value is -1.26. The van der Waals surface area contributed by atoms with Gasteiger partial charge in [0.15, 0.2) is 0 Å². The summed E-state index contributed by atoms with van der Waals surface area (Å²) in [5.74, 6) is 0.938. The molecule has 0 fully saturated rings. The van der Waals surface area contributed by atoms with Crippen molar-refractivity contribution in [2.24, 2.45) is 0 Å². The molecule has 0 amide bonds. The molecule has 2 N–H and O–H groups in total. The summed E-state index contributed by atoms with van der Waals surface area (Å²) in [7, 11) is 0. The Kier molecular flexibility index (Phi) is 3.39. The van der Waals surface area contributed by atoms with Gasteiger partial charge in [-0.1, -0.05) is 0 Å². The van der Waals surface area contributed by atoms with Gasteiger partial charge in [0.25, 0.3) is 0 Å². The normalized spacial score (nSPS) is 18.6. The summed E-state index contributed by atoms with van der Waals surface area (Å²) in [4.78, 5) is 4.24. The Morgan fingerprint density at radius 2 is 2.33 bits per heavy atom. The van der Waals surface area contributed by atoms with Crippen LogP contribution in [0.5, 0.6) is 0 Å². The second-order valence-electron chi connectivity index (χ2n) is 4.47. The molecule has 0 radical (unpaired) electrons. The molecular weight excluding hydrogens is 247 g/mol. The van der Waals surface area contributed by atoms with E-state index in [1.54, 1.807) is 12.1 Å². The average Bonchev–Trinajstić information content (AvgIpc) is 2.89. The third kappa shape index (κ3) is 2.44. The molecule has 2 heterocycles. The van der Waals surface area contributed by atoms with Gasteiger partial charge in [0.1, 0.15) is 5.82 Å². The predicted octanol–water partition coefficient (Wildman–Crippen LogP) is 3.48. The van der Waals surface area contributed by atoms with Gasteiger partial charge in [0.05, 0.1) is 0 Å². The van der Waals surface area contributed by atoms with Crippen molar-refractivity contribution in [2.45, 2.75) is 23.9 Å². The zero-order valence-corrected chi connectivity index (χ0v) is 10.8. The highest BCUT2D eigenvalue weighted by atomic mass is 32.2. The van der Waals surface area contributed by atoms with E-state index in [0.717, 1.165) is 24.3 Å². The Bertz CT molecular complexity index is 525. The Labute approximate surface area is 110 Å². The predicted molar refractivity (Wildman–Crippen MR) is 72.1 cm³/mol. The summed E-state index contributed by atoms with van der Waals surface area (Å²) in [5.41, 5.74) is 2.33. The van der Waals surface area contributed by atoms with E-state index >= 15 is 0 Å². The lowest BCUT2D eigenvalue weighted by Crippen LogP contribution is -2.24. The van der Waals surface area contributed by atoms with Gasteiger partial charge in [0, 0.05) is 29.9 Å². The monoisotopic (exact) mass is 262 g/mol. The number of aromatic amines is 1. The van der Waals surface area contributed by atoms with Crippen LogP contribution in [0.25, 0.3) is 0 Å². The van der Waals surface area contributed by atoms with Crippen LogP contribution in [0.1, 0.15) is 23.6 Å². The largest absolute Gasteiger partial charge is 0.367 e. The van der Waals surface area contributed by atoms with Gasteiger partial charge in [-0.25, -0.2) is 4.39 Å². The van der Waals surface area contributed by atoms with Gasteiger partial charge >= 0.3 is 0 Å². The number of H-pyrrole nitrogens is 1. The molecule has 1 aliphatic rings. The molecule has 1 aromatic carbocycles. The van der Waals surface area contributed by atoms with E-state index in [1.165, 1.54) is 10.5 Å². The zero-order valence-electron chi connectivity index (χ0n) is 9.95. The average molecular weight is 262 g/mol. The van der Waals surface area contributed by atoms with Crippen molar-refractivity contribution < 1.29 is 4.39 Å². The van der Waals surface area contributed by atoms with Crippen molar-refractivity contribution in [1.82, 2.24) is 10.3 Å². The summed E-state index contributed by atoms with van der Waals surface area (Å²) in [6.45, 7) is 0.814. The number of rotatable bonds is 3. The smallest absolute Gasteiger partial charge is 0.123 e. The van der Waals surface area contributed by atoms with Crippen molar-refractivity contribution >= 4 is 11.8 Å². The number of halogens is 1. The van der Waals surface area contributed by atoms with E-state index in [-0.39, 0.29) is 11.9 Å². The topological polar surface area (TPSA) is 27.8 Å². The number of benzene rings is 1. The van der Waals surface area contributed by atoms with Crippen molar-refractivity contribution in [1.29, 1.82) is 0 Å². The maximum atomic E-state index is 13.3. The lowest BCUT2D eigenvalue weighted by molar-refractivity contribution is 0.505. The fraction of sp³-hybridized carbons (Fsp3) is 0.286. The molecule has 0 saturated carbocycles. The van der Waals surface area contributed by atoms with Gasteiger partial charge in [-0.3, -0.25) is 0 Å². The number of hydrogen-bond donors (Lipinski definition) is 2. The lowest BCUT2D eigenvalue weighted by atomic mass is 10.0. The van der Waals surface area contributed by atoms with Crippen LogP contribution in [-0.2, 0) is 6.54 Å². The third-order valence-electron chi connectivity index (χ3n) is 3.23. The van der Waals surface area contributed by atoms with Crippen LogP contribution in [0.4, 0.5) is 4.39 Å². The molecule has 18 heavy (non-hydrogen) atoms. The highest BCUT2D eigenvalue weighted by Crippen LogP contribution is 2.36. The molecular formula is C14H15FN2S. The first-order valence-electron chi connectivity index (χ1n) is 6.10. The van der Waals surface area contributed by atoms with Crippen molar-refractivity contribution in [2.75, 3.05) is 5.75 Å². The minimum atomic E-state index is -0.148. The number of nitrogens with one attached hydrogen (secondary N) is 2. The molecule has 0 spiro atoms. The van der Waals surface area contributed by atoms with Crippen molar-refractivity contribution in [3.63, 3.8) is 0 Å². The lowest BCUT2D eigenvalue weighted by Gasteiger charge is -2.26. The number of hydrogen-bond acceptors (Lipinski definition) is 2. The molecule has 0 bridgehead atoms. The van der Waals surface area contributed by atoms with E-state index in [9.17, 15) is 4.39 Å². The maximum Gasteiger partial charge on any atom is 0.123 e. The van der Waals surface area contributed by atoms with Crippen molar-refractivity contribution in [3.05, 3.63) is 53.6 Å². The van der Waals surface area contributed by atoms with Gasteiger partial charge < -0.3 is 10.3 Å². The van der Waals surface area contributed by atoms with Crippen LogP contribution in [0, 0.1) is 5.82 Å². The van der Waals surface area contributed by atoms with Crippen LogP contribution in [0.3, 0.4) is 0 Å². The second-order valence-corrected chi connectivity index (χ2v) is 5.61. The molecule has 94 valence electrons. The molecule has 1 aromatic heterocycles. The van der Waals surface area contributed by atoms with E-state index < -0.39 is 0 Å². The summed E-state index contributed by atoms with van der Waals surface area (Å²) in [6.07, 6.45) is 4.95. The van der Waals surface area contributed by atoms with Gasteiger partial charge in [-0.15, -0.1) is 11.8 Å². The molecule has 4 heteroatoms. The number of fused-ring (bicyclic) bond motifs is 1. The first-order valence-corrected chi connectivity index (χ1v) is 7.09. The molecule has 3 rings (SSSR count). The fourth-order valence-corrected chi connectivity index (χ4v) is 3.39. The van der Waals surface area contributed by atoms with Crippen molar-refractivity contribution in [3.8, 4) is 0 Å². The summed E-state index contributed by atoms with van der Waals surface area (Å²) < 4.78 is 13.3. The quantitative estimate of drug-likeness (QED) is 0.886. The summed E-state index contributed by atoms with van der Waals surface area (Å²) in [6, 6.07) is 7.40. The molecule has 1 atom stereocenters. The minimum Gasteiger partial charge on any atom is -0.367 e. The molecule has 1 aliphatic heterocycles. The van der Waals surface area contributed by atoms with E-state index in [2.05, 4.69) is 16.4 Å². The van der Waals surface area contributed by atoms with Gasteiger partial charge in [-0.05, 0) is 47.6 Å². The van der Waals surface area contributed by atoms with Crippen LogP contribution in [0.2, 0.25) is 0 Å². The van der Waals surface area contributed by atoms with Crippen LogP contribution >= 0.6 is 11.8 Å². The highest BCUT2D eigenvalue weighted by molar-refractivity contribution is 7.99. The summed E-state index contributed by atoms with van der Waals surface area (Å²) in [5, 5.41) is 3.51. The fourth-order valence-electron chi connectivity index (χ4n) is 2.29. The zero-order chi connectivity index (χ0) is 12.4. The molecule has 2 aromatic rings. The molecule has 0 saturated heterocycles. The molecule has 2 nitrogen and oxygen atoms in total. The standard InChI is InChI=1S/C14H15FN2S/c15-11-1-2-14-12(7-11)13(4-6-18-14)17-9-10-3-5-16-8-10/h1-3,5,7-8,13,16-17H,4,6,9H2. The Morgan fingerprint density at radius 1 is 1.39 bits per heavy atom. The Morgan fingerprint density at radius 3 is 3.17 bits per heavy atom. The molecule has 0 aliphatic carbocycles. The third-order valence-corrected chi connectivity index (χ3v) is 4.35. The highest BCUT2D eigenvalue weighted by Gasteiger charge is 2.20. The first-order chi connectivity index (χ1) is 8.83. The minimum absolute atomic E-state index is 0.148. The van der Waals surface area contributed by atoms with E-state index in [1.807, 2.05) is 30.2 Å². The first kappa shape index (κ1) is 11.8. The van der Waals surface area contributed by atoms with E-state index in [0.29, 0.717) is 0 Å². The van der Waals surface area contributed by atoms with Crippen LogP contribution in [0.15, 0.2) is 41.6 Å². The van der Waals surface area contributed by atoms with E-state index in [4.69, 9.17) is 0 Å². The van der Waals surface area contributed by atoms with Gasteiger partial charge in [-0.2, -0.15) is 0 Å². The van der Waals surface area contributed by atoms with Crippen LogP contribution in [-0.4, -0.2) is 10.7 Å². The summed E-state index contributed by atoms with van der Waals surface area (Å²) >= 11 is 1.81. The SMILES string of the molecule is Fc1ccc2c(c1)C(NCc1cc[nH]c1)CCS2. The maximum absolute atomic E-state index is 13.3. The van der Waals surface area contributed by atoms with Crippen LogP contribution < -0.4 is 5.32 Å². The number of thioether (sulfide) groups is 1. The van der Waals surface area contributed by atoms with Gasteiger partial charge in [0.2, 0.25) is 0 Å². The second kappa shape index (κ2) is 5.16. The number of aromatic nitrogens is 1.